The number of hydrogen-bond acceptors (Lipinski definition) is 2. The highest BCUT2D eigenvalue weighted by molar-refractivity contribution is 5.59. The van der Waals surface area contributed by atoms with Gasteiger partial charge in [0, 0.05) is 0 Å². The Morgan fingerprint density at radius 2 is 1.89 bits per heavy atom. The minimum absolute atomic E-state index is 0.313. The molecule has 1 fully saturated rings. The van der Waals surface area contributed by atoms with Crippen LogP contribution in [0.2, 0.25) is 0 Å². The summed E-state index contributed by atoms with van der Waals surface area (Å²) in [5, 5.41) is 3.54. The van der Waals surface area contributed by atoms with Crippen LogP contribution in [0.1, 0.15) is 30.4 Å². The van der Waals surface area contributed by atoms with E-state index < -0.39 is 0 Å². The van der Waals surface area contributed by atoms with Gasteiger partial charge in [-0.1, -0.05) is 24.3 Å². The van der Waals surface area contributed by atoms with Gasteiger partial charge in [0.2, 0.25) is 0 Å². The van der Waals surface area contributed by atoms with Crippen LogP contribution in [0.4, 0.5) is 0 Å². The average molecular weight is 240 g/mol. The fourth-order valence-corrected chi connectivity index (χ4v) is 4.22. The van der Waals surface area contributed by atoms with Crippen LogP contribution >= 0.6 is 0 Å². The number of nitrogens with zero attached hydrogens (tertiary/aromatic N) is 1. The van der Waals surface area contributed by atoms with Crippen LogP contribution in [0.15, 0.2) is 29.3 Å². The van der Waals surface area contributed by atoms with Crippen molar-refractivity contribution in [2.24, 2.45) is 16.8 Å². The van der Waals surface area contributed by atoms with Gasteiger partial charge in [0.25, 0.3) is 0 Å². The largest absolute Gasteiger partial charge is 0.369 e. The first kappa shape index (κ1) is 10.6. The van der Waals surface area contributed by atoms with Crippen LogP contribution < -0.4 is 5.32 Å². The molecular weight excluding hydrogens is 220 g/mol. The Morgan fingerprint density at radius 3 is 2.61 bits per heavy atom. The number of rotatable bonds is 0. The molecule has 0 radical (unpaired) electrons. The van der Waals surface area contributed by atoms with E-state index in [-0.39, 0.29) is 0 Å². The molecule has 18 heavy (non-hydrogen) atoms. The van der Waals surface area contributed by atoms with Crippen molar-refractivity contribution >= 4 is 6.34 Å². The molecule has 94 valence electrons. The average Bonchev–Trinajstić information content (AvgIpc) is 2.85. The van der Waals surface area contributed by atoms with Gasteiger partial charge >= 0.3 is 0 Å². The molecule has 1 N–H and O–H groups in total. The highest BCUT2D eigenvalue weighted by Crippen LogP contribution is 2.44. The predicted molar refractivity (Wildman–Crippen MR) is 73.9 cm³/mol. The molecule has 3 aliphatic rings. The zero-order chi connectivity index (χ0) is 12.0. The smallest absolute Gasteiger partial charge is 0.0829 e. The molecule has 4 rings (SSSR count). The SMILES string of the molecule is C1=NC[C@@]2(CC[C@H]3Cc4ccccc4C[C@@H]3C2)N1. The quantitative estimate of drug-likeness (QED) is 0.740. The maximum Gasteiger partial charge on any atom is 0.0829 e. The molecule has 2 heteroatoms. The highest BCUT2D eigenvalue weighted by atomic mass is 15.1. The number of nitrogens with one attached hydrogen (secondary N) is 1. The van der Waals surface area contributed by atoms with Gasteiger partial charge in [0.1, 0.15) is 0 Å². The fraction of sp³-hybridized carbons (Fsp3) is 0.562. The lowest BCUT2D eigenvalue weighted by Crippen LogP contribution is -2.50. The van der Waals surface area contributed by atoms with Gasteiger partial charge in [-0.25, -0.2) is 0 Å². The third-order valence-corrected chi connectivity index (χ3v) is 5.25. The van der Waals surface area contributed by atoms with Crippen molar-refractivity contribution in [3.8, 4) is 0 Å². The van der Waals surface area contributed by atoms with Crippen LogP contribution in [0, 0.1) is 11.8 Å². The molecule has 0 aromatic heterocycles. The molecule has 0 amide bonds. The van der Waals surface area contributed by atoms with Gasteiger partial charge in [-0.2, -0.15) is 0 Å². The van der Waals surface area contributed by atoms with E-state index in [0.717, 1.165) is 18.4 Å². The van der Waals surface area contributed by atoms with Gasteiger partial charge in [-0.3, -0.25) is 4.99 Å². The van der Waals surface area contributed by atoms with E-state index in [1.807, 2.05) is 6.34 Å². The Balaban J connectivity index is 1.59. The molecule has 1 aliphatic heterocycles. The first-order valence-electron chi connectivity index (χ1n) is 7.17. The van der Waals surface area contributed by atoms with Gasteiger partial charge in [0.15, 0.2) is 0 Å². The summed E-state index contributed by atoms with van der Waals surface area (Å²) < 4.78 is 0. The third kappa shape index (κ3) is 1.58. The van der Waals surface area contributed by atoms with Crippen LogP contribution in [0.5, 0.6) is 0 Å². The Kier molecular flexibility index (Phi) is 2.26. The standard InChI is InChI=1S/C16H20N2/c1-2-4-13-8-15-9-16(10-17-11-18-16)6-5-14(15)7-12(13)3-1/h1-4,11,14-15H,5-10H2,(H,17,18)/t14-,15+,16-/m0/s1. The Bertz CT molecular complexity index is 484. The second kappa shape index (κ2) is 3.84. The molecule has 0 bridgehead atoms. The van der Waals surface area contributed by atoms with E-state index in [1.165, 1.54) is 32.1 Å². The summed E-state index contributed by atoms with van der Waals surface area (Å²) in [4.78, 5) is 4.41. The van der Waals surface area contributed by atoms with Crippen molar-refractivity contribution in [1.29, 1.82) is 0 Å². The van der Waals surface area contributed by atoms with E-state index in [1.54, 1.807) is 11.1 Å². The van der Waals surface area contributed by atoms with Crippen molar-refractivity contribution in [2.75, 3.05) is 6.54 Å². The van der Waals surface area contributed by atoms with Gasteiger partial charge in [-0.15, -0.1) is 0 Å². The third-order valence-electron chi connectivity index (χ3n) is 5.25. The van der Waals surface area contributed by atoms with Crippen molar-refractivity contribution in [1.82, 2.24) is 5.32 Å². The van der Waals surface area contributed by atoms with Crippen LogP contribution in [0.25, 0.3) is 0 Å². The lowest BCUT2D eigenvalue weighted by Gasteiger charge is -2.45. The Hall–Kier alpha value is -1.31. The normalized spacial score (nSPS) is 37.1. The molecule has 1 saturated carbocycles. The number of benzene rings is 1. The summed E-state index contributed by atoms with van der Waals surface area (Å²) in [6, 6.07) is 9.03. The van der Waals surface area contributed by atoms with Crippen LogP contribution in [-0.4, -0.2) is 18.4 Å². The molecular formula is C16H20N2. The van der Waals surface area contributed by atoms with E-state index >= 15 is 0 Å². The molecule has 3 atom stereocenters. The van der Waals surface area contributed by atoms with E-state index in [9.17, 15) is 0 Å². The predicted octanol–water partition coefficient (Wildman–Crippen LogP) is 2.57. The molecule has 0 saturated heterocycles. The summed E-state index contributed by atoms with van der Waals surface area (Å²) in [6.45, 7) is 0.998. The van der Waals surface area contributed by atoms with Gasteiger partial charge in [-0.05, 0) is 55.1 Å². The van der Waals surface area contributed by atoms with E-state index in [4.69, 9.17) is 0 Å². The van der Waals surface area contributed by atoms with Crippen molar-refractivity contribution in [2.45, 2.75) is 37.6 Å². The fourth-order valence-electron chi connectivity index (χ4n) is 4.22. The lowest BCUT2D eigenvalue weighted by atomic mass is 9.63. The summed E-state index contributed by atoms with van der Waals surface area (Å²) >= 11 is 0. The highest BCUT2D eigenvalue weighted by Gasteiger charge is 2.43. The Labute approximate surface area is 109 Å². The molecule has 2 nitrogen and oxygen atoms in total. The second-order valence-corrected chi connectivity index (χ2v) is 6.33. The minimum Gasteiger partial charge on any atom is -0.369 e. The molecule has 0 unspecified atom stereocenters. The minimum atomic E-state index is 0.313. The molecule has 1 aromatic carbocycles. The number of hydrogen-bond donors (Lipinski definition) is 1. The summed E-state index contributed by atoms with van der Waals surface area (Å²) in [5.41, 5.74) is 3.51. The Morgan fingerprint density at radius 1 is 1.11 bits per heavy atom. The zero-order valence-electron chi connectivity index (χ0n) is 10.7. The molecule has 1 heterocycles. The zero-order valence-corrected chi connectivity index (χ0v) is 10.7. The van der Waals surface area contributed by atoms with Gasteiger partial charge in [0.05, 0.1) is 18.4 Å². The molecule has 2 aliphatic carbocycles. The first-order chi connectivity index (χ1) is 8.85. The number of fused-ring (bicyclic) bond motifs is 2. The monoisotopic (exact) mass is 240 g/mol. The van der Waals surface area contributed by atoms with Crippen molar-refractivity contribution < 1.29 is 0 Å². The molecule has 1 aromatic rings. The van der Waals surface area contributed by atoms with Crippen LogP contribution in [0.3, 0.4) is 0 Å². The number of aliphatic imine (C=N–C) groups is 1. The van der Waals surface area contributed by atoms with Crippen molar-refractivity contribution in [3.05, 3.63) is 35.4 Å². The second-order valence-electron chi connectivity index (χ2n) is 6.33. The summed E-state index contributed by atoms with van der Waals surface area (Å²) in [5.74, 6) is 1.77. The van der Waals surface area contributed by atoms with Crippen LogP contribution in [-0.2, 0) is 12.8 Å². The maximum absolute atomic E-state index is 4.41. The lowest BCUT2D eigenvalue weighted by molar-refractivity contribution is 0.140. The van der Waals surface area contributed by atoms with Crippen molar-refractivity contribution in [3.63, 3.8) is 0 Å². The summed E-state index contributed by atoms with van der Waals surface area (Å²) in [6.07, 6.45) is 8.50. The first-order valence-corrected chi connectivity index (χ1v) is 7.17. The summed E-state index contributed by atoms with van der Waals surface area (Å²) in [7, 11) is 0. The van der Waals surface area contributed by atoms with Gasteiger partial charge < -0.3 is 5.32 Å². The molecule has 1 spiro atoms. The topological polar surface area (TPSA) is 24.4 Å². The van der Waals surface area contributed by atoms with E-state index in [0.29, 0.717) is 5.54 Å². The maximum atomic E-state index is 4.41. The van der Waals surface area contributed by atoms with E-state index in [2.05, 4.69) is 34.6 Å².